The van der Waals surface area contributed by atoms with E-state index in [1.54, 1.807) is 0 Å². The molecule has 11 aromatic rings. The van der Waals surface area contributed by atoms with Gasteiger partial charge in [0.2, 0.25) is 5.71 Å². The zero-order chi connectivity index (χ0) is 37.7. The molecule has 0 unspecified atom stereocenters. The van der Waals surface area contributed by atoms with Crippen LogP contribution in [0.1, 0.15) is 0 Å². The van der Waals surface area contributed by atoms with E-state index >= 15 is 0 Å². The summed E-state index contributed by atoms with van der Waals surface area (Å²) in [6.45, 7) is 0. The molecule has 0 amide bonds. The van der Waals surface area contributed by atoms with Crippen molar-refractivity contribution in [1.82, 2.24) is 24.9 Å². The number of hydrogen-bond acceptors (Lipinski definition) is 6. The Morgan fingerprint density at radius 2 is 0.737 bits per heavy atom. The lowest BCUT2D eigenvalue weighted by molar-refractivity contribution is 0.655. The lowest BCUT2D eigenvalue weighted by Gasteiger charge is -2.13. The van der Waals surface area contributed by atoms with Gasteiger partial charge < -0.3 is 4.42 Å². The second kappa shape index (κ2) is 13.5. The standard InChI is InChI=1S/C51H31N5O/c1-3-11-35(12-4-1)48-54-49(36-13-5-2-6-14-36)56-50(55-48)37-25-23-34(24-26-37)40-30-29-39(41-15-7-8-16-42(40)41)33-21-19-32(20-22-33)38-27-28-43-46(31-38)57-51-47(43)52-44-17-9-10-18-45(44)53-51/h1-31H. The predicted octanol–water partition coefficient (Wildman–Crippen LogP) is 12.9. The fourth-order valence-electron chi connectivity index (χ4n) is 7.70. The van der Waals surface area contributed by atoms with Gasteiger partial charge in [-0.1, -0.05) is 164 Å². The molecule has 0 bridgehead atoms. The Labute approximate surface area is 327 Å². The Bertz CT molecular complexity index is 3210. The van der Waals surface area contributed by atoms with Crippen LogP contribution in [0.5, 0.6) is 0 Å². The van der Waals surface area contributed by atoms with Crippen LogP contribution in [0.3, 0.4) is 0 Å². The summed E-state index contributed by atoms with van der Waals surface area (Å²) in [6.07, 6.45) is 0. The molecule has 8 aromatic carbocycles. The van der Waals surface area contributed by atoms with Crippen molar-refractivity contribution in [2.75, 3.05) is 0 Å². The van der Waals surface area contributed by atoms with Gasteiger partial charge in [0, 0.05) is 22.1 Å². The molecule has 0 N–H and O–H groups in total. The van der Waals surface area contributed by atoms with Crippen molar-refractivity contribution in [2.24, 2.45) is 0 Å². The van der Waals surface area contributed by atoms with Crippen LogP contribution in [-0.2, 0) is 0 Å². The number of furan rings is 1. The first kappa shape index (κ1) is 32.6. The van der Waals surface area contributed by atoms with Crippen LogP contribution >= 0.6 is 0 Å². The summed E-state index contributed by atoms with van der Waals surface area (Å²) in [6, 6.07) is 64.7. The predicted molar refractivity (Wildman–Crippen MR) is 230 cm³/mol. The lowest BCUT2D eigenvalue weighted by Crippen LogP contribution is -2.00. The molecule has 0 aliphatic heterocycles. The van der Waals surface area contributed by atoms with Crippen LogP contribution in [0.2, 0.25) is 0 Å². The number of benzene rings is 8. The van der Waals surface area contributed by atoms with E-state index in [1.165, 1.54) is 21.9 Å². The molecule has 0 radical (unpaired) electrons. The molecule has 0 aliphatic carbocycles. The first-order valence-electron chi connectivity index (χ1n) is 18.9. The van der Waals surface area contributed by atoms with E-state index in [1.807, 2.05) is 84.9 Å². The van der Waals surface area contributed by atoms with Crippen LogP contribution in [0, 0.1) is 0 Å². The molecule has 0 saturated carbocycles. The topological polar surface area (TPSA) is 77.6 Å². The first-order chi connectivity index (χ1) is 28.2. The maximum atomic E-state index is 6.20. The van der Waals surface area contributed by atoms with Gasteiger partial charge in [0.05, 0.1) is 11.0 Å². The fourth-order valence-corrected chi connectivity index (χ4v) is 7.70. The van der Waals surface area contributed by atoms with Crippen molar-refractivity contribution in [1.29, 1.82) is 0 Å². The highest BCUT2D eigenvalue weighted by Gasteiger charge is 2.16. The Morgan fingerprint density at radius 1 is 0.298 bits per heavy atom. The molecule has 266 valence electrons. The second-order valence-electron chi connectivity index (χ2n) is 14.1. The van der Waals surface area contributed by atoms with Crippen molar-refractivity contribution >= 4 is 44.0 Å². The molecule has 0 fully saturated rings. The normalized spacial score (nSPS) is 11.5. The van der Waals surface area contributed by atoms with E-state index in [4.69, 9.17) is 29.3 Å². The fraction of sp³-hybridized carbons (Fsp3) is 0. The molecule has 0 spiro atoms. The molecule has 11 rings (SSSR count). The molecule has 3 heterocycles. The van der Waals surface area contributed by atoms with Crippen LogP contribution in [0.25, 0.3) is 112 Å². The van der Waals surface area contributed by atoms with E-state index < -0.39 is 0 Å². The van der Waals surface area contributed by atoms with Crippen molar-refractivity contribution < 1.29 is 4.42 Å². The Kier molecular flexibility index (Phi) is 7.71. The first-order valence-corrected chi connectivity index (χ1v) is 18.9. The van der Waals surface area contributed by atoms with Crippen LogP contribution in [0.4, 0.5) is 0 Å². The molecular formula is C51H31N5O. The number of para-hydroxylation sites is 2. The van der Waals surface area contributed by atoms with Gasteiger partial charge in [-0.3, -0.25) is 0 Å². The summed E-state index contributed by atoms with van der Waals surface area (Å²) < 4.78 is 6.20. The van der Waals surface area contributed by atoms with Gasteiger partial charge in [0.15, 0.2) is 17.5 Å². The van der Waals surface area contributed by atoms with Gasteiger partial charge in [-0.2, -0.15) is 0 Å². The van der Waals surface area contributed by atoms with Gasteiger partial charge in [0.1, 0.15) is 11.1 Å². The van der Waals surface area contributed by atoms with Gasteiger partial charge in [-0.05, 0) is 68.4 Å². The average molecular weight is 730 g/mol. The summed E-state index contributed by atoms with van der Waals surface area (Å²) >= 11 is 0. The maximum Gasteiger partial charge on any atom is 0.246 e. The number of hydrogen-bond donors (Lipinski definition) is 0. The molecule has 0 aliphatic rings. The largest absolute Gasteiger partial charge is 0.436 e. The number of fused-ring (bicyclic) bond motifs is 5. The molecular weight excluding hydrogens is 699 g/mol. The highest BCUT2D eigenvalue weighted by Crippen LogP contribution is 2.38. The van der Waals surface area contributed by atoms with Crippen molar-refractivity contribution in [3.8, 4) is 67.5 Å². The SMILES string of the molecule is c1ccc(-c2nc(-c3ccccc3)nc(-c3ccc(-c4ccc(-c5ccc(-c6ccc7c(c6)oc6nc8ccccc8nc67)cc5)c5ccccc45)cc3)n2)cc1. The molecule has 0 saturated heterocycles. The lowest BCUT2D eigenvalue weighted by atomic mass is 9.91. The van der Waals surface area contributed by atoms with Gasteiger partial charge in [-0.25, -0.2) is 24.9 Å². The van der Waals surface area contributed by atoms with E-state index in [9.17, 15) is 0 Å². The van der Waals surface area contributed by atoms with Gasteiger partial charge in [0.25, 0.3) is 0 Å². The summed E-state index contributed by atoms with van der Waals surface area (Å²) in [5.41, 5.74) is 13.4. The average Bonchev–Trinajstić information content (AvgIpc) is 3.65. The molecule has 0 atom stereocenters. The maximum absolute atomic E-state index is 6.20. The molecule has 57 heavy (non-hydrogen) atoms. The number of nitrogens with zero attached hydrogens (tertiary/aromatic N) is 5. The summed E-state index contributed by atoms with van der Waals surface area (Å²) in [5, 5.41) is 3.35. The highest BCUT2D eigenvalue weighted by atomic mass is 16.3. The van der Waals surface area contributed by atoms with Crippen LogP contribution in [-0.4, -0.2) is 24.9 Å². The van der Waals surface area contributed by atoms with E-state index in [0.717, 1.165) is 66.5 Å². The second-order valence-corrected chi connectivity index (χ2v) is 14.1. The Morgan fingerprint density at radius 3 is 1.30 bits per heavy atom. The third-order valence-corrected chi connectivity index (χ3v) is 10.6. The summed E-state index contributed by atoms with van der Waals surface area (Å²) in [4.78, 5) is 24.3. The van der Waals surface area contributed by atoms with E-state index in [-0.39, 0.29) is 0 Å². The monoisotopic (exact) mass is 729 g/mol. The number of aromatic nitrogens is 5. The minimum atomic E-state index is 0.556. The highest BCUT2D eigenvalue weighted by molar-refractivity contribution is 6.06. The Hall–Kier alpha value is -7.83. The van der Waals surface area contributed by atoms with Gasteiger partial charge in [-0.15, -0.1) is 0 Å². The quantitative estimate of drug-likeness (QED) is 0.170. The van der Waals surface area contributed by atoms with Crippen molar-refractivity contribution in [2.45, 2.75) is 0 Å². The Balaban J connectivity index is 0.911. The van der Waals surface area contributed by atoms with E-state index in [0.29, 0.717) is 23.2 Å². The zero-order valence-electron chi connectivity index (χ0n) is 30.5. The van der Waals surface area contributed by atoms with Gasteiger partial charge >= 0.3 is 0 Å². The molecule has 6 nitrogen and oxygen atoms in total. The minimum absolute atomic E-state index is 0.556. The molecule has 3 aromatic heterocycles. The minimum Gasteiger partial charge on any atom is -0.436 e. The van der Waals surface area contributed by atoms with E-state index in [2.05, 4.69) is 103 Å². The summed E-state index contributed by atoms with van der Waals surface area (Å²) in [5.74, 6) is 1.93. The van der Waals surface area contributed by atoms with Crippen LogP contribution < -0.4 is 0 Å². The smallest absolute Gasteiger partial charge is 0.246 e. The zero-order valence-corrected chi connectivity index (χ0v) is 30.5. The third kappa shape index (κ3) is 5.88. The summed E-state index contributed by atoms with van der Waals surface area (Å²) in [7, 11) is 0. The molecule has 6 heteroatoms. The van der Waals surface area contributed by atoms with Crippen LogP contribution in [0.15, 0.2) is 192 Å². The van der Waals surface area contributed by atoms with Crippen molar-refractivity contribution in [3.05, 3.63) is 188 Å². The van der Waals surface area contributed by atoms with Crippen molar-refractivity contribution in [3.63, 3.8) is 0 Å². The number of rotatable bonds is 6. The third-order valence-electron chi connectivity index (χ3n) is 10.6.